The summed E-state index contributed by atoms with van der Waals surface area (Å²) in [4.78, 5) is -11.7. The molecule has 0 aliphatic heterocycles. The summed E-state index contributed by atoms with van der Waals surface area (Å²) in [6, 6.07) is 14.6. The number of benzene rings is 10. The van der Waals surface area contributed by atoms with Crippen LogP contribution in [0.25, 0.3) is 53.9 Å². The van der Waals surface area contributed by atoms with Crippen LogP contribution in [0.3, 0.4) is 0 Å². The summed E-state index contributed by atoms with van der Waals surface area (Å²) >= 11 is 0. The van der Waals surface area contributed by atoms with Gasteiger partial charge in [-0.1, -0.05) is 36.4 Å². The number of phenols is 3. The van der Waals surface area contributed by atoms with E-state index in [4.69, 9.17) is 5.73 Å². The van der Waals surface area contributed by atoms with Gasteiger partial charge in [-0.3, -0.25) is 41.0 Å². The Balaban J connectivity index is 1.11. The van der Waals surface area contributed by atoms with Gasteiger partial charge in [-0.25, -0.2) is 0 Å². The van der Waals surface area contributed by atoms with Crippen molar-refractivity contribution in [3.8, 4) is 17.2 Å². The molecule has 0 heterocycles. The summed E-state index contributed by atoms with van der Waals surface area (Å²) in [5, 5.41) is 57.7. The Morgan fingerprint density at radius 3 is 1.28 bits per heavy atom. The number of aromatic hydroxyl groups is 3. The van der Waals surface area contributed by atoms with Crippen molar-refractivity contribution in [2.75, 3.05) is 5.73 Å². The molecule has 0 radical (unpaired) electrons. The Morgan fingerprint density at radius 2 is 0.714 bits per heavy atom. The van der Waals surface area contributed by atoms with Gasteiger partial charge in [0.25, 0.3) is 91.1 Å². The second-order valence-corrected chi connectivity index (χ2v) is 32.5. The lowest BCUT2D eigenvalue weighted by atomic mass is 10.0. The third kappa shape index (κ3) is 13.5. The molecule has 39 nitrogen and oxygen atoms in total. The Hall–Kier alpha value is -9.71. The fraction of sp³-hybridized carbons (Fsp3) is 0. The molecular formula is C50H33N9O30S9. The molecule has 48 heteroatoms. The van der Waals surface area contributed by atoms with E-state index < -0.39 is 236 Å². The van der Waals surface area contributed by atoms with E-state index in [1.54, 1.807) is 0 Å². The molecule has 10 aromatic rings. The lowest BCUT2D eigenvalue weighted by Crippen LogP contribution is -2.05. The van der Waals surface area contributed by atoms with E-state index >= 15 is 0 Å². The molecule has 0 saturated carbocycles. The van der Waals surface area contributed by atoms with Gasteiger partial charge in [0.15, 0.2) is 17.2 Å². The van der Waals surface area contributed by atoms with Gasteiger partial charge in [0, 0.05) is 43.1 Å². The molecule has 0 aliphatic carbocycles. The van der Waals surface area contributed by atoms with Crippen LogP contribution in [0.2, 0.25) is 0 Å². The Morgan fingerprint density at radius 1 is 0.276 bits per heavy atom. The average molecular weight is 1530 g/mol. The van der Waals surface area contributed by atoms with Crippen LogP contribution in [0.5, 0.6) is 17.2 Å². The Kier molecular flexibility index (Phi) is 17.5. The first-order valence-electron chi connectivity index (χ1n) is 25.3. The van der Waals surface area contributed by atoms with Crippen molar-refractivity contribution in [3.05, 3.63) is 115 Å². The number of phenolic OH excluding ortho intramolecular Hbond substituents is 3. The first-order chi connectivity index (χ1) is 45.0. The third-order valence-corrected chi connectivity index (χ3v) is 21.9. The standard InChI is InChI=1S/C50H33N9O30S9/c51-42-33(55-54-32-9-7-26-29(50(32)98(87,88)89)17-39(96(81,82)83)45(47(26)60)58-53-31-10-12-34(91(66,67)68)24-4-2-1-3-23(24)31)19-37(94(75,76)77)30-18-40(97(84,85)86)46(49(62)41(30)42)57-52-21-6-5-20-13-38(95(78,79)80)44(48(61)27(20)14-21)59-56-43-28-15-22(90(63,64)65)16-36(93(72,73)74)25(28)8-11-35(43)92(69,70)71/h1-19,60-62H,51H2,(H,63,64,65)(H,66,67,68)(H,69,70,71)(H,72,73,74)(H,75,76,77)(H,78,79,80)(H,81,82,83)(H,84,85,86)(H,87,88,89). The molecule has 0 aromatic heterocycles. The maximum atomic E-state index is 13.2. The number of azo groups is 4. The maximum Gasteiger partial charge on any atom is 0.297 e. The van der Waals surface area contributed by atoms with Crippen LogP contribution in [0.4, 0.5) is 51.2 Å². The molecule has 10 aromatic carbocycles. The molecule has 0 saturated heterocycles. The number of hydrogen-bond acceptors (Lipinski definition) is 30. The summed E-state index contributed by atoms with van der Waals surface area (Å²) < 4.78 is 320. The Bertz CT molecular complexity index is 6560. The number of anilines is 1. The van der Waals surface area contributed by atoms with Gasteiger partial charge in [-0.15, -0.1) is 35.8 Å². The van der Waals surface area contributed by atoms with E-state index in [0.717, 1.165) is 36.4 Å². The average Bonchev–Trinajstić information content (AvgIpc) is 0.751. The molecule has 0 aliphatic rings. The van der Waals surface area contributed by atoms with Crippen LogP contribution in [-0.4, -0.2) is 132 Å². The molecule has 512 valence electrons. The van der Waals surface area contributed by atoms with Crippen molar-refractivity contribution in [2.24, 2.45) is 40.9 Å². The smallest absolute Gasteiger partial charge is 0.297 e. The molecule has 0 amide bonds. The molecule has 14 N–H and O–H groups in total. The molecule has 0 spiro atoms. The fourth-order valence-corrected chi connectivity index (χ4v) is 16.0. The van der Waals surface area contributed by atoms with Crippen LogP contribution in [0, 0.1) is 0 Å². The molecule has 10 rings (SSSR count). The van der Waals surface area contributed by atoms with E-state index in [-0.39, 0.29) is 34.0 Å². The summed E-state index contributed by atoms with van der Waals surface area (Å²) in [7, 11) is -49.7. The normalized spacial score (nSPS) is 13.7. The number of nitrogens with two attached hydrogens (primary N) is 1. The van der Waals surface area contributed by atoms with Gasteiger partial charge in [0.2, 0.25) is 0 Å². The first-order valence-corrected chi connectivity index (χ1v) is 38.3. The monoisotopic (exact) mass is 1530 g/mol. The van der Waals surface area contributed by atoms with Crippen LogP contribution >= 0.6 is 0 Å². The third-order valence-electron chi connectivity index (χ3n) is 13.9. The molecule has 0 bridgehead atoms. The fourth-order valence-electron chi connectivity index (χ4n) is 9.81. The highest BCUT2D eigenvalue weighted by atomic mass is 32.3. The summed E-state index contributed by atoms with van der Waals surface area (Å²) in [6.45, 7) is 0. The van der Waals surface area contributed by atoms with Crippen molar-refractivity contribution >= 4 is 196 Å². The topological polar surface area (TPSA) is 675 Å². The van der Waals surface area contributed by atoms with Crippen molar-refractivity contribution in [2.45, 2.75) is 44.1 Å². The number of rotatable bonds is 17. The minimum atomic E-state index is -5.75. The number of hydrogen-bond donors (Lipinski definition) is 13. The van der Waals surface area contributed by atoms with E-state index in [2.05, 4.69) is 40.9 Å². The summed E-state index contributed by atoms with van der Waals surface area (Å²) in [6.07, 6.45) is 0. The molecular weight excluding hydrogens is 1500 g/mol. The Labute approximate surface area is 547 Å². The van der Waals surface area contributed by atoms with Gasteiger partial charge in [-0.05, 0) is 84.2 Å². The minimum absolute atomic E-state index is 0.0137. The minimum Gasteiger partial charge on any atom is -0.505 e. The lowest BCUT2D eigenvalue weighted by Gasteiger charge is -2.15. The zero-order valence-electron chi connectivity index (χ0n) is 47.0. The van der Waals surface area contributed by atoms with Gasteiger partial charge >= 0.3 is 0 Å². The lowest BCUT2D eigenvalue weighted by molar-refractivity contribution is 0.471. The van der Waals surface area contributed by atoms with Crippen molar-refractivity contribution in [1.82, 2.24) is 0 Å². The predicted octanol–water partition coefficient (Wildman–Crippen LogP) is 9.03. The molecule has 0 atom stereocenters. The van der Waals surface area contributed by atoms with Gasteiger partial charge in [-0.2, -0.15) is 80.9 Å². The largest absolute Gasteiger partial charge is 0.505 e. The zero-order valence-corrected chi connectivity index (χ0v) is 54.4. The number of nitrogen functional groups attached to an aromatic ring is 1. The van der Waals surface area contributed by atoms with Crippen LogP contribution in [0.1, 0.15) is 0 Å². The van der Waals surface area contributed by atoms with Crippen molar-refractivity contribution in [3.63, 3.8) is 0 Å². The van der Waals surface area contributed by atoms with Crippen LogP contribution in [-0.2, 0) is 91.1 Å². The second-order valence-electron chi connectivity index (χ2n) is 20.0. The van der Waals surface area contributed by atoms with Gasteiger partial charge < -0.3 is 21.1 Å². The first kappa shape index (κ1) is 71.1. The molecule has 0 unspecified atom stereocenters. The number of nitrogens with zero attached hydrogens (tertiary/aromatic N) is 8. The molecule has 98 heavy (non-hydrogen) atoms. The van der Waals surface area contributed by atoms with Crippen molar-refractivity contribution in [1.29, 1.82) is 0 Å². The highest BCUT2D eigenvalue weighted by Crippen LogP contribution is 2.51. The van der Waals surface area contributed by atoms with E-state index in [1.807, 2.05) is 0 Å². The van der Waals surface area contributed by atoms with Crippen LogP contribution < -0.4 is 5.73 Å². The predicted molar refractivity (Wildman–Crippen MR) is 334 cm³/mol. The zero-order chi connectivity index (χ0) is 72.5. The second kappa shape index (κ2) is 24.1. The van der Waals surface area contributed by atoms with Gasteiger partial charge in [0.1, 0.15) is 73.3 Å². The van der Waals surface area contributed by atoms with Crippen molar-refractivity contribution < 1.29 is 132 Å². The maximum absolute atomic E-state index is 13.2. The van der Waals surface area contributed by atoms with E-state index in [1.165, 1.54) is 24.3 Å². The SMILES string of the molecule is Nc1c(N=Nc2ccc3c(O)c(N=Nc4ccc(S(=O)(=O)O)c5ccccc45)c(S(=O)(=O)O)cc3c2S(=O)(=O)O)cc(S(=O)(=O)O)c2cc(S(=O)(=O)O)c(N=Nc3ccc4cc(S(=O)(=O)O)c(N=Nc5c(S(=O)(=O)O)ccc6c(S(=O)(=O)O)cc(S(=O)(=O)O)cc56)c(O)c4c3)c(O)c12. The highest BCUT2D eigenvalue weighted by Gasteiger charge is 2.33. The van der Waals surface area contributed by atoms with E-state index in [9.17, 15) is 132 Å². The summed E-state index contributed by atoms with van der Waals surface area (Å²) in [5.41, 5.74) is -2.58. The quantitative estimate of drug-likeness (QED) is 0.0229. The van der Waals surface area contributed by atoms with Crippen LogP contribution in [0.15, 0.2) is 200 Å². The number of fused-ring (bicyclic) bond motifs is 5. The highest BCUT2D eigenvalue weighted by molar-refractivity contribution is 7.88. The molecule has 0 fully saturated rings. The summed E-state index contributed by atoms with van der Waals surface area (Å²) in [5.74, 6) is -4.17. The van der Waals surface area contributed by atoms with E-state index in [0.29, 0.717) is 42.5 Å². The van der Waals surface area contributed by atoms with Gasteiger partial charge in [0.05, 0.1) is 27.3 Å².